The van der Waals surface area contributed by atoms with Gasteiger partial charge in [0.05, 0.1) is 0 Å². The van der Waals surface area contributed by atoms with E-state index in [9.17, 15) is 0 Å². The van der Waals surface area contributed by atoms with Gasteiger partial charge in [0.25, 0.3) is 0 Å². The summed E-state index contributed by atoms with van der Waals surface area (Å²) in [5.41, 5.74) is 1.27. The fraction of sp³-hybridized carbons (Fsp3) is 0.200. The summed E-state index contributed by atoms with van der Waals surface area (Å²) < 4.78 is 0.817. The van der Waals surface area contributed by atoms with Crippen molar-refractivity contribution >= 4 is 32.4 Å². The summed E-state index contributed by atoms with van der Waals surface area (Å²) in [4.78, 5) is 2.08. The maximum atomic E-state index is 4.06. The highest BCUT2D eigenvalue weighted by atomic mass is 79.9. The molecule has 1 aromatic heterocycles. The number of hydrogen-bond donors (Lipinski definition) is 0. The first-order chi connectivity index (χ1) is 7.25. The first-order valence-corrected chi connectivity index (χ1v) is 6.11. The average molecular weight is 284 g/mol. The molecule has 0 fully saturated rings. The van der Waals surface area contributed by atoms with Gasteiger partial charge in [-0.15, -0.1) is 10.2 Å². The minimum atomic E-state index is 0.817. The summed E-state index contributed by atoms with van der Waals surface area (Å²) in [5.74, 6) is 0. The van der Waals surface area contributed by atoms with Crippen molar-refractivity contribution in [1.82, 2.24) is 10.2 Å². The zero-order chi connectivity index (χ0) is 10.7. The monoisotopic (exact) mass is 283 g/mol. The van der Waals surface area contributed by atoms with Crippen LogP contribution < -0.4 is 4.90 Å². The van der Waals surface area contributed by atoms with Gasteiger partial charge >= 0.3 is 0 Å². The molecule has 1 heterocycles. The molecule has 0 atom stereocenters. The number of rotatable bonds is 3. The average Bonchev–Trinajstić information content (AvgIpc) is 2.66. The van der Waals surface area contributed by atoms with Crippen LogP contribution in [-0.4, -0.2) is 17.2 Å². The zero-order valence-electron chi connectivity index (χ0n) is 8.22. The summed E-state index contributed by atoms with van der Waals surface area (Å²) in [6, 6.07) is 10.3. The predicted octanol–water partition coefficient (Wildman–Crippen LogP) is 2.94. The van der Waals surface area contributed by atoms with E-state index in [0.29, 0.717) is 0 Å². The lowest BCUT2D eigenvalue weighted by Gasteiger charge is -2.14. The molecule has 0 amide bonds. The van der Waals surface area contributed by atoms with Gasteiger partial charge in [-0.05, 0) is 21.5 Å². The highest BCUT2D eigenvalue weighted by Gasteiger charge is 2.07. The van der Waals surface area contributed by atoms with Crippen molar-refractivity contribution in [2.75, 3.05) is 11.9 Å². The second-order valence-corrected chi connectivity index (χ2v) is 5.41. The third-order valence-electron chi connectivity index (χ3n) is 1.98. The maximum Gasteiger partial charge on any atom is 0.209 e. The zero-order valence-corrected chi connectivity index (χ0v) is 10.6. The molecule has 0 radical (unpaired) electrons. The summed E-state index contributed by atoms with van der Waals surface area (Å²) in [5, 5.41) is 8.90. The number of anilines is 1. The first-order valence-electron chi connectivity index (χ1n) is 4.50. The minimum absolute atomic E-state index is 0.817. The van der Waals surface area contributed by atoms with Crippen LogP contribution in [0.15, 0.2) is 34.2 Å². The van der Waals surface area contributed by atoms with E-state index in [4.69, 9.17) is 0 Å². The Labute approximate surface area is 101 Å². The Bertz CT molecular complexity index is 429. The Balaban J connectivity index is 2.07. The number of nitrogens with zero attached hydrogens (tertiary/aromatic N) is 3. The van der Waals surface area contributed by atoms with Gasteiger partial charge in [0.2, 0.25) is 5.13 Å². The highest BCUT2D eigenvalue weighted by Crippen LogP contribution is 2.24. The van der Waals surface area contributed by atoms with Gasteiger partial charge in [-0.3, -0.25) is 0 Å². The van der Waals surface area contributed by atoms with Crippen LogP contribution in [0.1, 0.15) is 5.56 Å². The Kier molecular flexibility index (Phi) is 3.33. The van der Waals surface area contributed by atoms with Gasteiger partial charge in [0, 0.05) is 13.6 Å². The molecule has 2 rings (SSSR count). The summed E-state index contributed by atoms with van der Waals surface area (Å²) in [7, 11) is 2.01. The lowest BCUT2D eigenvalue weighted by molar-refractivity contribution is 0.892. The van der Waals surface area contributed by atoms with Crippen molar-refractivity contribution in [3.8, 4) is 0 Å². The van der Waals surface area contributed by atoms with Crippen molar-refractivity contribution in [2.24, 2.45) is 0 Å². The lowest BCUT2D eigenvalue weighted by atomic mass is 10.2. The number of aromatic nitrogens is 2. The molecule has 2 aromatic rings. The molecule has 5 heteroatoms. The molecule has 0 N–H and O–H groups in total. The van der Waals surface area contributed by atoms with Gasteiger partial charge < -0.3 is 4.90 Å². The van der Waals surface area contributed by atoms with E-state index >= 15 is 0 Å². The van der Waals surface area contributed by atoms with E-state index in [1.807, 2.05) is 25.2 Å². The molecule has 0 saturated heterocycles. The molecular weight excluding hydrogens is 274 g/mol. The molecule has 0 unspecified atom stereocenters. The number of halogens is 1. The predicted molar refractivity (Wildman–Crippen MR) is 66.2 cm³/mol. The molecule has 15 heavy (non-hydrogen) atoms. The smallest absolute Gasteiger partial charge is 0.209 e. The van der Waals surface area contributed by atoms with Crippen LogP contribution in [0, 0.1) is 0 Å². The van der Waals surface area contributed by atoms with Crippen molar-refractivity contribution in [2.45, 2.75) is 6.54 Å². The Morgan fingerprint density at radius 1 is 1.27 bits per heavy atom. The van der Waals surface area contributed by atoms with E-state index < -0.39 is 0 Å². The second-order valence-electron chi connectivity index (χ2n) is 3.18. The largest absolute Gasteiger partial charge is 0.345 e. The summed E-state index contributed by atoms with van der Waals surface area (Å²) in [6.07, 6.45) is 0. The van der Waals surface area contributed by atoms with E-state index in [2.05, 4.69) is 43.2 Å². The van der Waals surface area contributed by atoms with E-state index in [0.717, 1.165) is 15.6 Å². The van der Waals surface area contributed by atoms with Gasteiger partial charge in [-0.2, -0.15) is 0 Å². The van der Waals surface area contributed by atoms with Crippen molar-refractivity contribution in [3.63, 3.8) is 0 Å². The fourth-order valence-corrected chi connectivity index (χ4v) is 2.33. The van der Waals surface area contributed by atoms with Crippen molar-refractivity contribution < 1.29 is 0 Å². The molecule has 0 aliphatic heterocycles. The second kappa shape index (κ2) is 4.72. The van der Waals surface area contributed by atoms with Gasteiger partial charge in [0.15, 0.2) is 3.92 Å². The molecule has 78 valence electrons. The molecule has 1 aromatic carbocycles. The summed E-state index contributed by atoms with van der Waals surface area (Å²) >= 11 is 4.84. The third-order valence-corrected chi connectivity index (χ3v) is 3.45. The summed E-state index contributed by atoms with van der Waals surface area (Å²) in [6.45, 7) is 0.850. The van der Waals surface area contributed by atoms with Crippen molar-refractivity contribution in [3.05, 3.63) is 39.8 Å². The molecule has 0 spiro atoms. The van der Waals surface area contributed by atoms with Gasteiger partial charge in [-0.1, -0.05) is 41.7 Å². The number of hydrogen-bond acceptors (Lipinski definition) is 4. The fourth-order valence-electron chi connectivity index (χ4n) is 1.28. The van der Waals surface area contributed by atoms with Crippen molar-refractivity contribution in [1.29, 1.82) is 0 Å². The van der Waals surface area contributed by atoms with Crippen LogP contribution in [0.5, 0.6) is 0 Å². The lowest BCUT2D eigenvalue weighted by Crippen LogP contribution is -2.15. The molecule has 0 saturated carbocycles. The van der Waals surface area contributed by atoms with Crippen LogP contribution in [0.3, 0.4) is 0 Å². The minimum Gasteiger partial charge on any atom is -0.345 e. The van der Waals surface area contributed by atoms with Crippen LogP contribution in [0.25, 0.3) is 0 Å². The van der Waals surface area contributed by atoms with E-state index in [1.165, 1.54) is 16.9 Å². The molecule has 0 aliphatic carbocycles. The van der Waals surface area contributed by atoms with Gasteiger partial charge in [0.1, 0.15) is 0 Å². The molecule has 0 aliphatic rings. The van der Waals surface area contributed by atoms with E-state index in [-0.39, 0.29) is 0 Å². The molecular formula is C10H10BrN3S. The van der Waals surface area contributed by atoms with Gasteiger partial charge in [-0.25, -0.2) is 0 Å². The first kappa shape index (κ1) is 10.6. The quantitative estimate of drug-likeness (QED) is 0.867. The molecule has 3 nitrogen and oxygen atoms in total. The third kappa shape index (κ3) is 2.76. The standard InChI is InChI=1S/C10H10BrN3S/c1-14(10-13-12-9(11)15-10)7-8-5-3-2-4-6-8/h2-6H,7H2,1H3. The topological polar surface area (TPSA) is 29.0 Å². The Hall–Kier alpha value is -0.940. The van der Waals surface area contributed by atoms with Crippen LogP contribution in [0.4, 0.5) is 5.13 Å². The van der Waals surface area contributed by atoms with Crippen LogP contribution in [-0.2, 0) is 6.54 Å². The highest BCUT2D eigenvalue weighted by molar-refractivity contribution is 9.11. The SMILES string of the molecule is CN(Cc1ccccc1)c1nnc(Br)s1. The normalized spacial score (nSPS) is 10.3. The Morgan fingerprint density at radius 2 is 2.00 bits per heavy atom. The van der Waals surface area contributed by atoms with Crippen LogP contribution in [0.2, 0.25) is 0 Å². The number of benzene rings is 1. The maximum absolute atomic E-state index is 4.06. The van der Waals surface area contributed by atoms with Crippen LogP contribution >= 0.6 is 27.3 Å². The van der Waals surface area contributed by atoms with E-state index in [1.54, 1.807) is 0 Å². The molecule has 0 bridgehead atoms. The Morgan fingerprint density at radius 3 is 2.60 bits per heavy atom.